The number of carbonyl (C=O) groups excluding carboxylic acids is 1. The molecule has 0 spiro atoms. The summed E-state index contributed by atoms with van der Waals surface area (Å²) in [7, 11) is 3.41. The van der Waals surface area contributed by atoms with Crippen molar-refractivity contribution >= 4 is 11.6 Å². The van der Waals surface area contributed by atoms with Gasteiger partial charge in [-0.15, -0.1) is 0 Å². The fourth-order valence-electron chi connectivity index (χ4n) is 0.999. The van der Waals surface area contributed by atoms with Crippen LogP contribution in [-0.4, -0.2) is 31.5 Å². The topological polar surface area (TPSA) is 55.6 Å². The Labute approximate surface area is 89.6 Å². The zero-order valence-corrected chi connectivity index (χ0v) is 9.06. The molecule has 0 fully saturated rings. The molecule has 0 bridgehead atoms. The van der Waals surface area contributed by atoms with Gasteiger partial charge in [0.1, 0.15) is 6.61 Å². The molecule has 4 nitrogen and oxygen atoms in total. The predicted molar refractivity (Wildman–Crippen MR) is 59.2 cm³/mol. The lowest BCUT2D eigenvalue weighted by Gasteiger charge is -2.10. The lowest BCUT2D eigenvalue weighted by atomic mass is 10.2. The molecule has 1 amide bonds. The number of carbonyl (C=O) groups is 1. The maximum absolute atomic E-state index is 11.2. The number of anilines is 1. The van der Waals surface area contributed by atoms with Crippen LogP contribution < -0.4 is 5.73 Å². The van der Waals surface area contributed by atoms with Crippen LogP contribution in [0.4, 0.5) is 5.69 Å². The second-order valence-electron chi connectivity index (χ2n) is 3.52. The average molecular weight is 208 g/mol. The minimum atomic E-state index is -0.0366. The van der Waals surface area contributed by atoms with E-state index in [2.05, 4.69) is 0 Å². The number of hydrogen-bond donors (Lipinski definition) is 1. The SMILES string of the molecule is CN(C)C(=O)COCc1ccc(N)cc1. The summed E-state index contributed by atoms with van der Waals surface area (Å²) >= 11 is 0. The number of benzene rings is 1. The van der Waals surface area contributed by atoms with E-state index in [0.29, 0.717) is 6.61 Å². The zero-order valence-electron chi connectivity index (χ0n) is 9.06. The Morgan fingerprint density at radius 1 is 1.33 bits per heavy atom. The summed E-state index contributed by atoms with van der Waals surface area (Å²) in [6.07, 6.45) is 0. The summed E-state index contributed by atoms with van der Waals surface area (Å²) in [5.41, 5.74) is 7.28. The Morgan fingerprint density at radius 3 is 2.47 bits per heavy atom. The van der Waals surface area contributed by atoms with Gasteiger partial charge in [-0.05, 0) is 17.7 Å². The van der Waals surface area contributed by atoms with Crippen LogP contribution in [0.5, 0.6) is 0 Å². The van der Waals surface area contributed by atoms with Crippen molar-refractivity contribution < 1.29 is 9.53 Å². The molecule has 1 rings (SSSR count). The maximum atomic E-state index is 11.2. The van der Waals surface area contributed by atoms with Gasteiger partial charge in [0.2, 0.25) is 5.91 Å². The molecule has 0 saturated carbocycles. The van der Waals surface area contributed by atoms with Gasteiger partial charge >= 0.3 is 0 Å². The molecule has 0 unspecified atom stereocenters. The summed E-state index contributed by atoms with van der Waals surface area (Å²) in [5.74, 6) is -0.0366. The molecule has 0 aromatic heterocycles. The number of hydrogen-bond acceptors (Lipinski definition) is 3. The molecule has 0 aliphatic rings. The number of amides is 1. The molecular formula is C11H16N2O2. The molecule has 4 heteroatoms. The number of nitrogens with two attached hydrogens (primary N) is 1. The van der Waals surface area contributed by atoms with E-state index in [4.69, 9.17) is 10.5 Å². The minimum absolute atomic E-state index is 0.0366. The number of ether oxygens (including phenoxy) is 1. The smallest absolute Gasteiger partial charge is 0.248 e. The van der Waals surface area contributed by atoms with Gasteiger partial charge in [-0.3, -0.25) is 4.79 Å². The Hall–Kier alpha value is -1.55. The number of likely N-dealkylation sites (N-methyl/N-ethyl adjacent to an activating group) is 1. The average Bonchev–Trinajstić information content (AvgIpc) is 2.20. The van der Waals surface area contributed by atoms with Gasteiger partial charge in [0.05, 0.1) is 6.61 Å². The summed E-state index contributed by atoms with van der Waals surface area (Å²) in [4.78, 5) is 12.7. The van der Waals surface area contributed by atoms with Gasteiger partial charge in [-0.25, -0.2) is 0 Å². The van der Waals surface area contributed by atoms with Crippen LogP contribution in [0.2, 0.25) is 0 Å². The number of nitrogens with zero attached hydrogens (tertiary/aromatic N) is 1. The lowest BCUT2D eigenvalue weighted by molar-refractivity contribution is -0.133. The van der Waals surface area contributed by atoms with Crippen molar-refractivity contribution in [3.63, 3.8) is 0 Å². The van der Waals surface area contributed by atoms with Gasteiger partial charge in [-0.1, -0.05) is 12.1 Å². The third-order valence-electron chi connectivity index (χ3n) is 1.97. The van der Waals surface area contributed by atoms with E-state index in [1.807, 2.05) is 24.3 Å². The van der Waals surface area contributed by atoms with Crippen LogP contribution in [0, 0.1) is 0 Å². The first-order chi connectivity index (χ1) is 7.09. The van der Waals surface area contributed by atoms with Gasteiger partial charge in [0, 0.05) is 19.8 Å². The van der Waals surface area contributed by atoms with Gasteiger partial charge in [-0.2, -0.15) is 0 Å². The van der Waals surface area contributed by atoms with Crippen molar-refractivity contribution in [3.8, 4) is 0 Å². The van der Waals surface area contributed by atoms with E-state index in [9.17, 15) is 4.79 Å². The molecule has 0 aliphatic heterocycles. The van der Waals surface area contributed by atoms with E-state index in [1.165, 1.54) is 4.90 Å². The van der Waals surface area contributed by atoms with Crippen LogP contribution >= 0.6 is 0 Å². The van der Waals surface area contributed by atoms with Crippen molar-refractivity contribution in [1.29, 1.82) is 0 Å². The molecule has 82 valence electrons. The molecule has 1 aromatic rings. The van der Waals surface area contributed by atoms with E-state index in [0.717, 1.165) is 11.3 Å². The fraction of sp³-hybridized carbons (Fsp3) is 0.364. The Morgan fingerprint density at radius 2 is 1.93 bits per heavy atom. The van der Waals surface area contributed by atoms with E-state index >= 15 is 0 Å². The molecule has 0 radical (unpaired) electrons. The van der Waals surface area contributed by atoms with E-state index in [-0.39, 0.29) is 12.5 Å². The van der Waals surface area contributed by atoms with E-state index in [1.54, 1.807) is 14.1 Å². The number of rotatable bonds is 4. The minimum Gasteiger partial charge on any atom is -0.399 e. The molecule has 0 saturated heterocycles. The molecule has 2 N–H and O–H groups in total. The highest BCUT2D eigenvalue weighted by Crippen LogP contribution is 2.06. The number of nitrogen functional groups attached to an aromatic ring is 1. The summed E-state index contributed by atoms with van der Waals surface area (Å²) in [5, 5.41) is 0. The third-order valence-corrected chi connectivity index (χ3v) is 1.97. The molecule has 0 atom stereocenters. The molecular weight excluding hydrogens is 192 g/mol. The quantitative estimate of drug-likeness (QED) is 0.747. The van der Waals surface area contributed by atoms with Crippen molar-refractivity contribution in [1.82, 2.24) is 4.90 Å². The zero-order chi connectivity index (χ0) is 11.3. The van der Waals surface area contributed by atoms with Crippen molar-refractivity contribution in [2.75, 3.05) is 26.4 Å². The maximum Gasteiger partial charge on any atom is 0.248 e. The Kier molecular flexibility index (Phi) is 4.12. The van der Waals surface area contributed by atoms with Crippen LogP contribution in [0.1, 0.15) is 5.56 Å². The first-order valence-electron chi connectivity index (χ1n) is 4.72. The van der Waals surface area contributed by atoms with Crippen LogP contribution in [-0.2, 0) is 16.1 Å². The van der Waals surface area contributed by atoms with Crippen LogP contribution in [0.15, 0.2) is 24.3 Å². The normalized spacial score (nSPS) is 10.0. The van der Waals surface area contributed by atoms with Crippen LogP contribution in [0.3, 0.4) is 0 Å². The monoisotopic (exact) mass is 208 g/mol. The summed E-state index contributed by atoms with van der Waals surface area (Å²) in [6.45, 7) is 0.539. The van der Waals surface area contributed by atoms with Crippen molar-refractivity contribution in [3.05, 3.63) is 29.8 Å². The predicted octanol–water partition coefficient (Wildman–Crippen LogP) is 0.874. The largest absolute Gasteiger partial charge is 0.399 e. The Bertz CT molecular complexity index is 320. The van der Waals surface area contributed by atoms with E-state index < -0.39 is 0 Å². The summed E-state index contributed by atoms with van der Waals surface area (Å²) in [6, 6.07) is 7.39. The van der Waals surface area contributed by atoms with Crippen molar-refractivity contribution in [2.24, 2.45) is 0 Å². The third kappa shape index (κ3) is 3.99. The standard InChI is InChI=1S/C11H16N2O2/c1-13(2)11(14)8-15-7-9-3-5-10(12)6-4-9/h3-6H,7-8,12H2,1-2H3. The fourth-order valence-corrected chi connectivity index (χ4v) is 0.999. The lowest BCUT2D eigenvalue weighted by Crippen LogP contribution is -2.26. The second-order valence-corrected chi connectivity index (χ2v) is 3.52. The molecule has 0 aliphatic carbocycles. The molecule has 15 heavy (non-hydrogen) atoms. The summed E-state index contributed by atoms with van der Waals surface area (Å²) < 4.78 is 5.25. The first-order valence-corrected chi connectivity index (χ1v) is 4.72. The second kappa shape index (κ2) is 5.36. The molecule has 0 heterocycles. The molecule has 1 aromatic carbocycles. The highest BCUT2D eigenvalue weighted by molar-refractivity contribution is 5.76. The van der Waals surface area contributed by atoms with Gasteiger partial charge in [0.25, 0.3) is 0 Å². The van der Waals surface area contributed by atoms with Gasteiger partial charge < -0.3 is 15.4 Å². The Balaban J connectivity index is 2.32. The highest BCUT2D eigenvalue weighted by Gasteiger charge is 2.03. The highest BCUT2D eigenvalue weighted by atomic mass is 16.5. The van der Waals surface area contributed by atoms with Crippen molar-refractivity contribution in [2.45, 2.75) is 6.61 Å². The van der Waals surface area contributed by atoms with Gasteiger partial charge in [0.15, 0.2) is 0 Å². The van der Waals surface area contributed by atoms with Crippen LogP contribution in [0.25, 0.3) is 0 Å². The first kappa shape index (κ1) is 11.5.